The molecule has 3 aromatic rings. The zero-order chi connectivity index (χ0) is 16.4. The summed E-state index contributed by atoms with van der Waals surface area (Å²) in [6.07, 6.45) is 6.48. The van der Waals surface area contributed by atoms with Crippen LogP contribution in [-0.2, 0) is 25.8 Å². The minimum absolute atomic E-state index is 0.880. The van der Waals surface area contributed by atoms with E-state index in [1.54, 1.807) is 18.1 Å². The van der Waals surface area contributed by atoms with Crippen molar-refractivity contribution in [1.82, 2.24) is 29.5 Å². The van der Waals surface area contributed by atoms with E-state index in [1.807, 2.05) is 11.6 Å². The molecule has 0 fully saturated rings. The van der Waals surface area contributed by atoms with Gasteiger partial charge in [-0.3, -0.25) is 0 Å². The average molecular weight is 340 g/mol. The van der Waals surface area contributed by atoms with E-state index in [-0.39, 0.29) is 0 Å². The molecule has 2 aromatic heterocycles. The molecule has 0 bridgehead atoms. The third-order valence-electron chi connectivity index (χ3n) is 4.36. The van der Waals surface area contributed by atoms with Gasteiger partial charge in [-0.25, -0.2) is 0 Å². The zero-order valence-corrected chi connectivity index (χ0v) is 14.5. The largest absolute Gasteiger partial charge is 0.312 e. The highest BCUT2D eigenvalue weighted by molar-refractivity contribution is 7.98. The lowest BCUT2D eigenvalue weighted by molar-refractivity contribution is 0.636. The SMILES string of the molecule is Cn1cnnc1SCc1ccc(-c2nnc3n2CCCCC3)cc1. The van der Waals surface area contributed by atoms with E-state index in [0.717, 1.165) is 41.1 Å². The molecule has 0 unspecified atom stereocenters. The van der Waals surface area contributed by atoms with Gasteiger partial charge in [0.25, 0.3) is 0 Å². The van der Waals surface area contributed by atoms with Gasteiger partial charge in [0.05, 0.1) is 0 Å². The molecule has 0 atom stereocenters. The van der Waals surface area contributed by atoms with Crippen molar-refractivity contribution in [1.29, 1.82) is 0 Å². The second-order valence-electron chi connectivity index (χ2n) is 6.11. The van der Waals surface area contributed by atoms with Crippen LogP contribution in [-0.4, -0.2) is 29.5 Å². The number of hydrogen-bond donors (Lipinski definition) is 0. The monoisotopic (exact) mass is 340 g/mol. The maximum Gasteiger partial charge on any atom is 0.191 e. The molecular weight excluding hydrogens is 320 g/mol. The van der Waals surface area contributed by atoms with E-state index in [2.05, 4.69) is 49.2 Å². The zero-order valence-electron chi connectivity index (χ0n) is 13.7. The van der Waals surface area contributed by atoms with Crippen LogP contribution in [0, 0.1) is 0 Å². The minimum Gasteiger partial charge on any atom is -0.312 e. The van der Waals surface area contributed by atoms with Gasteiger partial charge in [-0.15, -0.1) is 20.4 Å². The molecular formula is C17H20N6S. The van der Waals surface area contributed by atoms with Crippen molar-refractivity contribution in [3.05, 3.63) is 42.0 Å². The van der Waals surface area contributed by atoms with Crippen molar-refractivity contribution in [3.63, 3.8) is 0 Å². The Bertz CT molecular complexity index is 820. The molecule has 4 rings (SSSR count). The van der Waals surface area contributed by atoms with E-state index in [1.165, 1.54) is 24.8 Å². The van der Waals surface area contributed by atoms with Crippen LogP contribution < -0.4 is 0 Å². The summed E-state index contributed by atoms with van der Waals surface area (Å²) in [5.74, 6) is 3.01. The number of aromatic nitrogens is 6. The van der Waals surface area contributed by atoms with E-state index < -0.39 is 0 Å². The fraction of sp³-hybridized carbons (Fsp3) is 0.412. The maximum atomic E-state index is 4.42. The average Bonchev–Trinajstić information content (AvgIpc) is 3.12. The molecule has 0 saturated carbocycles. The molecule has 124 valence electrons. The van der Waals surface area contributed by atoms with Crippen LogP contribution in [0.15, 0.2) is 35.7 Å². The molecule has 6 nitrogen and oxygen atoms in total. The minimum atomic E-state index is 0.880. The van der Waals surface area contributed by atoms with Gasteiger partial charge in [-0.05, 0) is 18.4 Å². The summed E-state index contributed by atoms with van der Waals surface area (Å²) in [5, 5.41) is 17.7. The molecule has 1 aliphatic rings. The fourth-order valence-corrected chi connectivity index (χ4v) is 3.84. The van der Waals surface area contributed by atoms with Gasteiger partial charge in [-0.1, -0.05) is 42.4 Å². The molecule has 0 radical (unpaired) electrons. The molecule has 1 aliphatic heterocycles. The molecule has 7 heteroatoms. The molecule has 1 aromatic carbocycles. The standard InChI is InChI=1S/C17H20N6S/c1-22-12-18-21-17(22)24-11-13-6-8-14(9-7-13)16-20-19-15-5-3-2-4-10-23(15)16/h6-9,12H,2-5,10-11H2,1H3. The first-order chi connectivity index (χ1) is 11.8. The van der Waals surface area contributed by atoms with Crippen LogP contribution in [0.2, 0.25) is 0 Å². The van der Waals surface area contributed by atoms with Gasteiger partial charge in [0.1, 0.15) is 12.2 Å². The van der Waals surface area contributed by atoms with Crippen LogP contribution in [0.4, 0.5) is 0 Å². The molecule has 0 N–H and O–H groups in total. The van der Waals surface area contributed by atoms with Gasteiger partial charge >= 0.3 is 0 Å². The lowest BCUT2D eigenvalue weighted by Crippen LogP contribution is -2.02. The number of nitrogens with zero attached hydrogens (tertiary/aromatic N) is 6. The number of benzene rings is 1. The predicted octanol–water partition coefficient (Wildman–Crippen LogP) is 3.09. The molecule has 24 heavy (non-hydrogen) atoms. The second-order valence-corrected chi connectivity index (χ2v) is 7.05. The Morgan fingerprint density at radius 1 is 1.04 bits per heavy atom. The lowest BCUT2D eigenvalue weighted by Gasteiger charge is -2.07. The summed E-state index contributed by atoms with van der Waals surface area (Å²) in [6.45, 7) is 1.03. The Morgan fingerprint density at radius 2 is 1.92 bits per heavy atom. The Balaban J connectivity index is 1.50. The summed E-state index contributed by atoms with van der Waals surface area (Å²) in [7, 11) is 1.96. The highest BCUT2D eigenvalue weighted by Gasteiger charge is 2.15. The van der Waals surface area contributed by atoms with Gasteiger partial charge in [0.2, 0.25) is 0 Å². The summed E-state index contributed by atoms with van der Waals surface area (Å²) in [5.41, 5.74) is 2.41. The van der Waals surface area contributed by atoms with Crippen LogP contribution >= 0.6 is 11.8 Å². The van der Waals surface area contributed by atoms with Crippen molar-refractivity contribution in [2.24, 2.45) is 7.05 Å². The third-order valence-corrected chi connectivity index (χ3v) is 5.46. The van der Waals surface area contributed by atoms with Gasteiger partial charge in [0, 0.05) is 31.3 Å². The van der Waals surface area contributed by atoms with Crippen LogP contribution in [0.25, 0.3) is 11.4 Å². The van der Waals surface area contributed by atoms with E-state index >= 15 is 0 Å². The summed E-state index contributed by atoms with van der Waals surface area (Å²) >= 11 is 1.69. The second kappa shape index (κ2) is 6.76. The van der Waals surface area contributed by atoms with Crippen molar-refractivity contribution >= 4 is 11.8 Å². The molecule has 0 amide bonds. The number of fused-ring (bicyclic) bond motifs is 1. The first-order valence-electron chi connectivity index (χ1n) is 8.29. The normalized spacial score (nSPS) is 14.4. The Hall–Kier alpha value is -2.15. The van der Waals surface area contributed by atoms with E-state index in [0.29, 0.717) is 0 Å². The highest BCUT2D eigenvalue weighted by Crippen LogP contribution is 2.25. The summed E-state index contributed by atoms with van der Waals surface area (Å²) in [6, 6.07) is 8.62. The van der Waals surface area contributed by atoms with Gasteiger partial charge < -0.3 is 9.13 Å². The highest BCUT2D eigenvalue weighted by atomic mass is 32.2. The van der Waals surface area contributed by atoms with Crippen LogP contribution in [0.3, 0.4) is 0 Å². The molecule has 3 heterocycles. The molecule has 0 spiro atoms. The number of thioether (sulfide) groups is 1. The van der Waals surface area contributed by atoms with Gasteiger partial charge in [0.15, 0.2) is 11.0 Å². The quantitative estimate of drug-likeness (QED) is 0.683. The Morgan fingerprint density at radius 3 is 2.71 bits per heavy atom. The van der Waals surface area contributed by atoms with Crippen LogP contribution in [0.1, 0.15) is 30.7 Å². The van der Waals surface area contributed by atoms with E-state index in [4.69, 9.17) is 0 Å². The van der Waals surface area contributed by atoms with Crippen molar-refractivity contribution < 1.29 is 0 Å². The first-order valence-corrected chi connectivity index (χ1v) is 9.28. The Labute approximate surface area is 145 Å². The number of aryl methyl sites for hydroxylation is 2. The number of rotatable bonds is 4. The smallest absolute Gasteiger partial charge is 0.191 e. The predicted molar refractivity (Wildman–Crippen MR) is 93.6 cm³/mol. The molecule has 0 saturated heterocycles. The summed E-state index contributed by atoms with van der Waals surface area (Å²) in [4.78, 5) is 0. The van der Waals surface area contributed by atoms with Crippen molar-refractivity contribution in [2.45, 2.75) is 43.1 Å². The van der Waals surface area contributed by atoms with Crippen molar-refractivity contribution in [3.8, 4) is 11.4 Å². The number of hydrogen-bond acceptors (Lipinski definition) is 5. The van der Waals surface area contributed by atoms with E-state index in [9.17, 15) is 0 Å². The topological polar surface area (TPSA) is 61.4 Å². The first kappa shape index (κ1) is 15.4. The van der Waals surface area contributed by atoms with Crippen LogP contribution in [0.5, 0.6) is 0 Å². The molecule has 0 aliphatic carbocycles. The maximum absolute atomic E-state index is 4.42. The summed E-state index contributed by atoms with van der Waals surface area (Å²) < 4.78 is 4.22. The lowest BCUT2D eigenvalue weighted by atomic mass is 10.1. The van der Waals surface area contributed by atoms with Crippen molar-refractivity contribution in [2.75, 3.05) is 0 Å². The third kappa shape index (κ3) is 3.08. The fourth-order valence-electron chi connectivity index (χ4n) is 3.00. The van der Waals surface area contributed by atoms with Gasteiger partial charge in [-0.2, -0.15) is 0 Å². The Kier molecular flexibility index (Phi) is 4.34.